The lowest BCUT2D eigenvalue weighted by molar-refractivity contribution is -0.389. The van der Waals surface area contributed by atoms with Crippen LogP contribution in [0.5, 0.6) is 6.01 Å². The summed E-state index contributed by atoms with van der Waals surface area (Å²) in [6.07, 6.45) is -1.45. The number of fused-ring (bicyclic) bond motifs is 1. The molecule has 1 aromatic heterocycles. The van der Waals surface area contributed by atoms with Crippen LogP contribution in [-0.2, 0) is 12.7 Å². The molecule has 0 amide bonds. The predicted molar refractivity (Wildman–Crippen MR) is 100 cm³/mol. The quantitative estimate of drug-likeness (QED) is 0.426. The molecule has 0 N–H and O–H groups in total. The molecule has 160 valence electrons. The predicted octanol–water partition coefficient (Wildman–Crippen LogP) is 2.57. The molecule has 4 rings (SSSR count). The van der Waals surface area contributed by atoms with Crippen LogP contribution < -0.4 is 4.74 Å². The molecule has 1 atom stereocenters. The summed E-state index contributed by atoms with van der Waals surface area (Å²) in [5.74, 6) is -0.241. The minimum absolute atomic E-state index is 0.229. The van der Waals surface area contributed by atoms with Crippen LogP contribution in [0.4, 0.5) is 19.0 Å². The zero-order valence-corrected chi connectivity index (χ0v) is 16.0. The van der Waals surface area contributed by atoms with E-state index in [4.69, 9.17) is 4.74 Å². The number of ether oxygens (including phenoxy) is 1. The van der Waals surface area contributed by atoms with Crippen LogP contribution in [0.1, 0.15) is 18.1 Å². The largest absolute Gasteiger partial charge is 0.422 e. The lowest BCUT2D eigenvalue weighted by Crippen LogP contribution is -2.57. The molecule has 0 radical (unpaired) electrons. The SMILES string of the molecule is C[C@]1(N2CCN(N=Cc3ccc(C(F)(F)F)cc3)CC2)Cn2cc([N+](=O)[O-])nc2O1. The van der Waals surface area contributed by atoms with Crippen molar-refractivity contribution in [2.24, 2.45) is 5.10 Å². The third-order valence-corrected chi connectivity index (χ3v) is 5.22. The second kappa shape index (κ2) is 7.27. The summed E-state index contributed by atoms with van der Waals surface area (Å²) < 4.78 is 45.4. The minimum atomic E-state index is -4.36. The number of nitro groups is 1. The molecule has 2 aliphatic rings. The molecule has 2 aliphatic heterocycles. The fraction of sp³-hybridized carbons (Fsp3) is 0.444. The van der Waals surface area contributed by atoms with Gasteiger partial charge in [0.25, 0.3) is 0 Å². The first-order valence-electron chi connectivity index (χ1n) is 9.26. The van der Waals surface area contributed by atoms with E-state index in [9.17, 15) is 23.3 Å². The van der Waals surface area contributed by atoms with Crippen LogP contribution in [0, 0.1) is 10.1 Å². The molecule has 0 unspecified atom stereocenters. The molecular weight excluding hydrogens is 405 g/mol. The molecule has 30 heavy (non-hydrogen) atoms. The maximum Gasteiger partial charge on any atom is 0.416 e. The molecule has 3 heterocycles. The van der Waals surface area contributed by atoms with E-state index in [0.29, 0.717) is 38.3 Å². The Balaban J connectivity index is 1.32. The van der Waals surface area contributed by atoms with E-state index < -0.39 is 22.4 Å². The smallest absolute Gasteiger partial charge is 0.416 e. The maximum atomic E-state index is 12.6. The van der Waals surface area contributed by atoms with Crippen LogP contribution in [0.2, 0.25) is 0 Å². The van der Waals surface area contributed by atoms with Gasteiger partial charge in [0.1, 0.15) is 6.20 Å². The highest BCUT2D eigenvalue weighted by Gasteiger charge is 2.45. The lowest BCUT2D eigenvalue weighted by Gasteiger charge is -2.41. The van der Waals surface area contributed by atoms with Crippen molar-refractivity contribution in [1.82, 2.24) is 19.5 Å². The molecule has 0 spiro atoms. The highest BCUT2D eigenvalue weighted by Crippen LogP contribution is 2.33. The number of alkyl halides is 3. The van der Waals surface area contributed by atoms with Crippen LogP contribution in [0.15, 0.2) is 35.6 Å². The lowest BCUT2D eigenvalue weighted by atomic mass is 10.1. The fourth-order valence-electron chi connectivity index (χ4n) is 3.57. The Morgan fingerprint density at radius 3 is 2.47 bits per heavy atom. The highest BCUT2D eigenvalue weighted by molar-refractivity contribution is 5.79. The molecule has 1 aromatic carbocycles. The summed E-state index contributed by atoms with van der Waals surface area (Å²) in [4.78, 5) is 16.3. The maximum absolute atomic E-state index is 12.6. The van der Waals surface area contributed by atoms with Gasteiger partial charge in [0.15, 0.2) is 5.72 Å². The van der Waals surface area contributed by atoms with E-state index in [1.807, 2.05) is 11.9 Å². The van der Waals surface area contributed by atoms with Gasteiger partial charge in [0.2, 0.25) is 0 Å². The van der Waals surface area contributed by atoms with Crippen LogP contribution in [-0.4, -0.2) is 62.5 Å². The number of aromatic nitrogens is 2. The number of hydrogen-bond donors (Lipinski definition) is 0. The standard InChI is InChI=1S/C18H19F3N6O3/c1-17(12-24-11-15(27(28)29)23-16(24)30-17)25-6-8-26(9-7-25)22-10-13-2-4-14(5-3-13)18(19,20)21/h2-5,10-11H,6-9,12H2,1H3/t17-/m1/s1. The van der Waals surface area contributed by atoms with E-state index in [1.165, 1.54) is 18.3 Å². The van der Waals surface area contributed by atoms with Gasteiger partial charge in [-0.25, -0.2) is 0 Å². The monoisotopic (exact) mass is 424 g/mol. The molecule has 12 heteroatoms. The minimum Gasteiger partial charge on any atom is -0.422 e. The number of nitrogens with zero attached hydrogens (tertiary/aromatic N) is 6. The molecular formula is C18H19F3N6O3. The van der Waals surface area contributed by atoms with Gasteiger partial charge in [-0.15, -0.1) is 0 Å². The number of hydrogen-bond acceptors (Lipinski definition) is 7. The highest BCUT2D eigenvalue weighted by atomic mass is 19.4. The number of rotatable bonds is 4. The van der Waals surface area contributed by atoms with Crippen molar-refractivity contribution in [2.45, 2.75) is 25.4 Å². The molecule has 9 nitrogen and oxygen atoms in total. The van der Waals surface area contributed by atoms with Crippen molar-refractivity contribution in [3.05, 3.63) is 51.7 Å². The number of benzene rings is 1. The third-order valence-electron chi connectivity index (χ3n) is 5.22. The van der Waals surface area contributed by atoms with E-state index in [0.717, 1.165) is 12.1 Å². The van der Waals surface area contributed by atoms with Crippen LogP contribution in [0.3, 0.4) is 0 Å². The van der Waals surface area contributed by atoms with E-state index in [2.05, 4.69) is 15.0 Å². The molecule has 0 aliphatic carbocycles. The van der Waals surface area contributed by atoms with Gasteiger partial charge < -0.3 is 14.9 Å². The zero-order chi connectivity index (χ0) is 21.5. The van der Waals surface area contributed by atoms with Crippen molar-refractivity contribution < 1.29 is 22.8 Å². The van der Waals surface area contributed by atoms with Gasteiger partial charge in [-0.1, -0.05) is 12.1 Å². The van der Waals surface area contributed by atoms with Gasteiger partial charge in [-0.3, -0.25) is 14.5 Å². The summed E-state index contributed by atoms with van der Waals surface area (Å²) >= 11 is 0. The number of hydrazone groups is 1. The fourth-order valence-corrected chi connectivity index (χ4v) is 3.57. The van der Waals surface area contributed by atoms with E-state index in [-0.39, 0.29) is 11.8 Å². The Bertz CT molecular complexity index is 941. The second-order valence-electron chi connectivity index (χ2n) is 7.35. The summed E-state index contributed by atoms with van der Waals surface area (Å²) in [6, 6.07) is 5.07. The van der Waals surface area contributed by atoms with Crippen molar-refractivity contribution in [3.63, 3.8) is 0 Å². The average Bonchev–Trinajstić information content (AvgIpc) is 3.22. The van der Waals surface area contributed by atoms with Gasteiger partial charge in [-0.2, -0.15) is 18.3 Å². The van der Waals surface area contributed by atoms with Gasteiger partial charge in [-0.05, 0) is 29.5 Å². The summed E-state index contributed by atoms with van der Waals surface area (Å²) in [5.41, 5.74) is -0.757. The average molecular weight is 424 g/mol. The molecule has 0 saturated carbocycles. The molecule has 0 bridgehead atoms. The summed E-state index contributed by atoms with van der Waals surface area (Å²) in [5, 5.41) is 17.0. The Morgan fingerprint density at radius 2 is 1.90 bits per heavy atom. The first-order valence-corrected chi connectivity index (χ1v) is 9.26. The van der Waals surface area contributed by atoms with Crippen molar-refractivity contribution in [3.8, 4) is 6.01 Å². The van der Waals surface area contributed by atoms with E-state index in [1.54, 1.807) is 10.8 Å². The number of halogens is 3. The Hall–Kier alpha value is -3.15. The van der Waals surface area contributed by atoms with Gasteiger partial charge in [0.05, 0.1) is 18.3 Å². The van der Waals surface area contributed by atoms with Gasteiger partial charge >= 0.3 is 18.0 Å². The Labute approximate surface area is 169 Å². The molecule has 1 fully saturated rings. The first-order chi connectivity index (χ1) is 14.1. The normalized spacial score (nSPS) is 22.3. The summed E-state index contributed by atoms with van der Waals surface area (Å²) in [6.45, 7) is 4.85. The Morgan fingerprint density at radius 1 is 1.23 bits per heavy atom. The second-order valence-corrected chi connectivity index (χ2v) is 7.35. The molecule has 1 saturated heterocycles. The third kappa shape index (κ3) is 3.95. The van der Waals surface area contributed by atoms with Crippen molar-refractivity contribution >= 4 is 12.0 Å². The van der Waals surface area contributed by atoms with E-state index >= 15 is 0 Å². The van der Waals surface area contributed by atoms with Gasteiger partial charge in [0, 0.05) is 31.2 Å². The van der Waals surface area contributed by atoms with Crippen molar-refractivity contribution in [2.75, 3.05) is 26.2 Å². The van der Waals surface area contributed by atoms with Crippen LogP contribution >= 0.6 is 0 Å². The number of piperazine rings is 1. The van der Waals surface area contributed by atoms with Crippen molar-refractivity contribution in [1.29, 1.82) is 0 Å². The zero-order valence-electron chi connectivity index (χ0n) is 16.0. The topological polar surface area (TPSA) is 89.0 Å². The first kappa shape index (κ1) is 20.1. The Kier molecular flexibility index (Phi) is 4.88. The number of imidazole rings is 1. The van der Waals surface area contributed by atoms with Crippen LogP contribution in [0.25, 0.3) is 0 Å². The summed E-state index contributed by atoms with van der Waals surface area (Å²) in [7, 11) is 0. The molecule has 2 aromatic rings.